The summed E-state index contributed by atoms with van der Waals surface area (Å²) in [6, 6.07) is 5.82. The summed E-state index contributed by atoms with van der Waals surface area (Å²) >= 11 is 2.94. The lowest BCUT2D eigenvalue weighted by Crippen LogP contribution is -2.17. The standard InChI is InChI=1S/C20H22N2O4S2/c1-12-8-15(14(3)22(12)13(2)9-25-4)17(23)10-26-20(24)16-11-28-19(21-16)18-6-5-7-27-18/h5-8,11,13H,9-10H2,1-4H3/t13-/m1/s1. The van der Waals surface area contributed by atoms with E-state index in [0.29, 0.717) is 12.2 Å². The van der Waals surface area contributed by atoms with Gasteiger partial charge < -0.3 is 14.0 Å². The van der Waals surface area contributed by atoms with E-state index in [-0.39, 0.29) is 24.1 Å². The Labute approximate surface area is 171 Å². The van der Waals surface area contributed by atoms with Gasteiger partial charge in [-0.05, 0) is 38.3 Å². The number of rotatable bonds is 8. The van der Waals surface area contributed by atoms with E-state index >= 15 is 0 Å². The van der Waals surface area contributed by atoms with Gasteiger partial charge in [-0.1, -0.05) is 6.07 Å². The Balaban J connectivity index is 1.66. The molecule has 1 atom stereocenters. The van der Waals surface area contributed by atoms with Crippen molar-refractivity contribution in [3.05, 3.63) is 51.6 Å². The Bertz CT molecular complexity index is 973. The maximum absolute atomic E-state index is 12.6. The van der Waals surface area contributed by atoms with E-state index < -0.39 is 5.97 Å². The molecule has 3 rings (SSSR count). The molecular formula is C20H22N2O4S2. The molecule has 0 amide bonds. The number of Topliss-reactive ketones (excluding diaryl/α,β-unsaturated/α-hetero) is 1. The van der Waals surface area contributed by atoms with Crippen LogP contribution in [0.3, 0.4) is 0 Å². The van der Waals surface area contributed by atoms with Gasteiger partial charge in [0.1, 0.15) is 5.01 Å². The molecule has 0 fully saturated rings. The predicted octanol–water partition coefficient (Wildman–Crippen LogP) is 4.54. The van der Waals surface area contributed by atoms with Gasteiger partial charge in [-0.15, -0.1) is 22.7 Å². The summed E-state index contributed by atoms with van der Waals surface area (Å²) in [5, 5.41) is 4.38. The molecule has 28 heavy (non-hydrogen) atoms. The van der Waals surface area contributed by atoms with Crippen LogP contribution in [0.15, 0.2) is 29.0 Å². The van der Waals surface area contributed by atoms with Crippen molar-refractivity contribution in [2.75, 3.05) is 20.3 Å². The summed E-state index contributed by atoms with van der Waals surface area (Å²) in [5.41, 5.74) is 2.60. The van der Waals surface area contributed by atoms with Gasteiger partial charge in [0, 0.05) is 29.4 Å². The molecule has 148 valence electrons. The number of carbonyl (C=O) groups excluding carboxylic acids is 2. The van der Waals surface area contributed by atoms with Crippen molar-refractivity contribution in [2.24, 2.45) is 0 Å². The van der Waals surface area contributed by atoms with Crippen molar-refractivity contribution in [3.8, 4) is 9.88 Å². The maximum Gasteiger partial charge on any atom is 0.358 e. The van der Waals surface area contributed by atoms with Crippen LogP contribution in [0.25, 0.3) is 9.88 Å². The monoisotopic (exact) mass is 418 g/mol. The van der Waals surface area contributed by atoms with E-state index in [1.807, 2.05) is 44.4 Å². The minimum atomic E-state index is -0.589. The van der Waals surface area contributed by atoms with Crippen molar-refractivity contribution in [2.45, 2.75) is 26.8 Å². The Morgan fingerprint density at radius 3 is 2.75 bits per heavy atom. The number of ketones is 1. The molecule has 3 aromatic rings. The molecule has 0 radical (unpaired) electrons. The summed E-state index contributed by atoms with van der Waals surface area (Å²) in [6.45, 7) is 6.11. The number of ether oxygens (including phenoxy) is 2. The molecule has 3 heterocycles. The normalized spacial score (nSPS) is 12.1. The quantitative estimate of drug-likeness (QED) is 0.397. The summed E-state index contributed by atoms with van der Waals surface area (Å²) in [6.07, 6.45) is 0. The molecule has 0 aliphatic rings. The highest BCUT2D eigenvalue weighted by Gasteiger charge is 2.21. The molecule has 0 aromatic carbocycles. The number of hydrogen-bond donors (Lipinski definition) is 0. The van der Waals surface area contributed by atoms with Gasteiger partial charge in [0.2, 0.25) is 5.78 Å². The van der Waals surface area contributed by atoms with E-state index in [0.717, 1.165) is 21.3 Å². The van der Waals surface area contributed by atoms with Crippen LogP contribution in [0.2, 0.25) is 0 Å². The van der Waals surface area contributed by atoms with E-state index in [2.05, 4.69) is 9.55 Å². The Hall–Kier alpha value is -2.29. The highest BCUT2D eigenvalue weighted by Crippen LogP contribution is 2.28. The molecule has 0 unspecified atom stereocenters. The fourth-order valence-corrected chi connectivity index (χ4v) is 4.82. The third-order valence-corrected chi connectivity index (χ3v) is 6.29. The topological polar surface area (TPSA) is 70.4 Å². The number of hydrogen-bond acceptors (Lipinski definition) is 7. The van der Waals surface area contributed by atoms with Gasteiger partial charge in [0.25, 0.3) is 0 Å². The second-order valence-electron chi connectivity index (χ2n) is 6.47. The number of nitrogens with zero attached hydrogens (tertiary/aromatic N) is 2. The maximum atomic E-state index is 12.6. The third-order valence-electron chi connectivity index (χ3n) is 4.41. The fraction of sp³-hybridized carbons (Fsp3) is 0.350. The minimum absolute atomic E-state index is 0.111. The van der Waals surface area contributed by atoms with Crippen molar-refractivity contribution in [3.63, 3.8) is 0 Å². The molecule has 3 aromatic heterocycles. The lowest BCUT2D eigenvalue weighted by atomic mass is 10.1. The molecule has 0 saturated carbocycles. The Morgan fingerprint density at radius 1 is 1.29 bits per heavy atom. The van der Waals surface area contributed by atoms with Crippen LogP contribution in [-0.4, -0.2) is 41.6 Å². The summed E-state index contributed by atoms with van der Waals surface area (Å²) in [5.74, 6) is -0.819. The number of aromatic nitrogens is 2. The minimum Gasteiger partial charge on any atom is -0.453 e. The smallest absolute Gasteiger partial charge is 0.358 e. The van der Waals surface area contributed by atoms with E-state index in [9.17, 15) is 9.59 Å². The molecule has 8 heteroatoms. The lowest BCUT2D eigenvalue weighted by molar-refractivity contribution is 0.0469. The second kappa shape index (κ2) is 8.81. The van der Waals surface area contributed by atoms with Crippen molar-refractivity contribution in [1.29, 1.82) is 0 Å². The summed E-state index contributed by atoms with van der Waals surface area (Å²) in [7, 11) is 1.65. The fourth-order valence-electron chi connectivity index (χ4n) is 3.22. The molecule has 0 aliphatic carbocycles. The van der Waals surface area contributed by atoms with Gasteiger partial charge >= 0.3 is 5.97 Å². The molecule has 0 bridgehead atoms. The highest BCUT2D eigenvalue weighted by molar-refractivity contribution is 7.20. The van der Waals surface area contributed by atoms with Gasteiger partial charge in [-0.2, -0.15) is 0 Å². The van der Waals surface area contributed by atoms with Gasteiger partial charge in [0.15, 0.2) is 12.3 Å². The SMILES string of the molecule is COC[C@@H](C)n1c(C)cc(C(=O)COC(=O)c2csc(-c3cccs3)n2)c1C. The first-order valence-electron chi connectivity index (χ1n) is 8.79. The second-order valence-corrected chi connectivity index (χ2v) is 8.28. The number of carbonyl (C=O) groups is 2. The van der Waals surface area contributed by atoms with Crippen LogP contribution in [0.4, 0.5) is 0 Å². The Morgan fingerprint density at radius 2 is 2.07 bits per heavy atom. The van der Waals surface area contributed by atoms with Crippen LogP contribution in [0, 0.1) is 13.8 Å². The highest BCUT2D eigenvalue weighted by atomic mass is 32.1. The predicted molar refractivity (Wildman–Crippen MR) is 111 cm³/mol. The number of aryl methyl sites for hydroxylation is 1. The molecule has 0 aliphatic heterocycles. The van der Waals surface area contributed by atoms with Crippen molar-refractivity contribution in [1.82, 2.24) is 9.55 Å². The number of esters is 1. The van der Waals surface area contributed by atoms with Crippen LogP contribution in [0.1, 0.15) is 45.2 Å². The number of thiazole rings is 1. The van der Waals surface area contributed by atoms with Gasteiger partial charge in [-0.3, -0.25) is 4.79 Å². The zero-order valence-corrected chi connectivity index (χ0v) is 17.9. The summed E-state index contributed by atoms with van der Waals surface area (Å²) in [4.78, 5) is 30.2. The molecule has 0 spiro atoms. The van der Waals surface area contributed by atoms with Crippen molar-refractivity contribution >= 4 is 34.4 Å². The van der Waals surface area contributed by atoms with Crippen LogP contribution in [-0.2, 0) is 9.47 Å². The zero-order valence-electron chi connectivity index (χ0n) is 16.2. The van der Waals surface area contributed by atoms with Crippen LogP contribution in [0.5, 0.6) is 0 Å². The molecule has 0 N–H and O–H groups in total. The average Bonchev–Trinajstić information content (AvgIpc) is 3.39. The number of methoxy groups -OCH3 is 1. The first kappa shape index (κ1) is 20.4. The van der Waals surface area contributed by atoms with E-state index in [4.69, 9.17) is 9.47 Å². The largest absolute Gasteiger partial charge is 0.453 e. The first-order chi connectivity index (χ1) is 13.4. The summed E-state index contributed by atoms with van der Waals surface area (Å²) < 4.78 is 12.5. The first-order valence-corrected chi connectivity index (χ1v) is 10.6. The van der Waals surface area contributed by atoms with Gasteiger partial charge in [0.05, 0.1) is 17.5 Å². The van der Waals surface area contributed by atoms with Crippen LogP contribution < -0.4 is 0 Å². The van der Waals surface area contributed by atoms with E-state index in [1.165, 1.54) is 11.3 Å². The van der Waals surface area contributed by atoms with E-state index in [1.54, 1.807) is 23.8 Å². The molecular weight excluding hydrogens is 396 g/mol. The van der Waals surface area contributed by atoms with Gasteiger partial charge in [-0.25, -0.2) is 9.78 Å². The van der Waals surface area contributed by atoms with Crippen LogP contribution >= 0.6 is 22.7 Å². The van der Waals surface area contributed by atoms with Crippen molar-refractivity contribution < 1.29 is 19.1 Å². The molecule has 0 saturated heterocycles. The Kier molecular flexibility index (Phi) is 6.43. The zero-order chi connectivity index (χ0) is 20.3. The lowest BCUT2D eigenvalue weighted by Gasteiger charge is -2.17. The molecule has 6 nitrogen and oxygen atoms in total. The third kappa shape index (κ3) is 4.24. The average molecular weight is 419 g/mol. The number of thiophene rings is 1.